The average molecular weight is 513 g/mol. The molecule has 2 aliphatic heterocycles. The molecule has 2 heterocycles. The van der Waals surface area contributed by atoms with Crippen LogP contribution in [0.25, 0.3) is 5.57 Å². The maximum absolute atomic E-state index is 13.3. The van der Waals surface area contributed by atoms with Crippen molar-refractivity contribution >= 4 is 17.6 Å². The number of ether oxygens (including phenoxy) is 3. The molecule has 2 bridgehead atoms. The molecule has 0 spiro atoms. The summed E-state index contributed by atoms with van der Waals surface area (Å²) in [6.07, 6.45) is 2.12. The number of nitrogens with one attached hydrogen (secondary N) is 1. The number of methoxy groups -OCH3 is 2. The van der Waals surface area contributed by atoms with Gasteiger partial charge in [-0.3, -0.25) is 0 Å². The molecule has 0 aliphatic carbocycles. The molecule has 7 nitrogen and oxygen atoms in total. The number of benzene rings is 3. The number of hydrogen-bond donors (Lipinski definition) is 1. The zero-order chi connectivity index (χ0) is 26.5. The van der Waals surface area contributed by atoms with Crippen molar-refractivity contribution in [3.63, 3.8) is 0 Å². The van der Waals surface area contributed by atoms with E-state index in [4.69, 9.17) is 14.2 Å². The monoisotopic (exact) mass is 512 g/mol. The van der Waals surface area contributed by atoms with Crippen molar-refractivity contribution in [2.24, 2.45) is 0 Å². The highest BCUT2D eigenvalue weighted by Gasteiger charge is 2.46. The van der Waals surface area contributed by atoms with Gasteiger partial charge in [0.05, 0.1) is 25.8 Å². The molecule has 5 rings (SSSR count). The summed E-state index contributed by atoms with van der Waals surface area (Å²) >= 11 is 0. The molecule has 2 amide bonds. The van der Waals surface area contributed by atoms with Gasteiger partial charge in [0.15, 0.2) is 0 Å². The second-order valence-corrected chi connectivity index (χ2v) is 9.55. The summed E-state index contributed by atoms with van der Waals surface area (Å²) in [5.41, 5.74) is 4.42. The molecule has 0 radical (unpaired) electrons. The van der Waals surface area contributed by atoms with Crippen molar-refractivity contribution in [1.82, 2.24) is 10.2 Å². The zero-order valence-electron chi connectivity index (χ0n) is 21.7. The molecule has 0 aromatic heterocycles. The van der Waals surface area contributed by atoms with E-state index in [0.29, 0.717) is 25.1 Å². The maximum Gasteiger partial charge on any atom is 0.336 e. The van der Waals surface area contributed by atoms with E-state index < -0.39 is 5.97 Å². The minimum Gasteiger partial charge on any atom is -0.497 e. The van der Waals surface area contributed by atoms with Crippen molar-refractivity contribution in [2.45, 2.75) is 44.5 Å². The molecule has 7 heteroatoms. The normalized spacial score (nSPS) is 18.2. The lowest BCUT2D eigenvalue weighted by Crippen LogP contribution is -2.50. The Kier molecular flexibility index (Phi) is 7.63. The van der Waals surface area contributed by atoms with Crippen LogP contribution in [0.15, 0.2) is 84.4 Å². The molecule has 196 valence electrons. The molecule has 3 aromatic rings. The largest absolute Gasteiger partial charge is 0.497 e. The first-order chi connectivity index (χ1) is 18.6. The van der Waals surface area contributed by atoms with Crippen LogP contribution >= 0.6 is 0 Å². The quantitative estimate of drug-likeness (QED) is 0.412. The number of carbonyl (C=O) groups excluding carboxylic acids is 2. The van der Waals surface area contributed by atoms with Gasteiger partial charge in [-0.2, -0.15) is 0 Å². The minimum absolute atomic E-state index is 0.00242. The highest BCUT2D eigenvalue weighted by molar-refractivity contribution is 6.01. The fraction of sp³-hybridized carbons (Fsp3) is 0.290. The van der Waals surface area contributed by atoms with E-state index in [2.05, 4.69) is 5.32 Å². The lowest BCUT2D eigenvalue weighted by molar-refractivity contribution is -0.136. The molecule has 0 saturated carbocycles. The first kappa shape index (κ1) is 25.4. The van der Waals surface area contributed by atoms with E-state index in [1.807, 2.05) is 83.8 Å². The fourth-order valence-corrected chi connectivity index (χ4v) is 5.43. The van der Waals surface area contributed by atoms with Crippen LogP contribution in [0, 0.1) is 0 Å². The third-order valence-corrected chi connectivity index (χ3v) is 7.25. The molecule has 1 fully saturated rings. The molecule has 2 atom stereocenters. The van der Waals surface area contributed by atoms with Crippen LogP contribution in [-0.4, -0.2) is 43.2 Å². The van der Waals surface area contributed by atoms with Gasteiger partial charge < -0.3 is 24.4 Å². The summed E-state index contributed by atoms with van der Waals surface area (Å²) in [4.78, 5) is 28.2. The van der Waals surface area contributed by atoms with Gasteiger partial charge >= 0.3 is 12.0 Å². The highest BCUT2D eigenvalue weighted by Crippen LogP contribution is 2.44. The Hall–Kier alpha value is -4.26. The Morgan fingerprint density at radius 1 is 0.895 bits per heavy atom. The number of nitrogens with zero attached hydrogens (tertiary/aromatic N) is 1. The lowest BCUT2D eigenvalue weighted by Gasteiger charge is -2.37. The van der Waals surface area contributed by atoms with Crippen LogP contribution in [0.5, 0.6) is 11.5 Å². The van der Waals surface area contributed by atoms with Gasteiger partial charge in [0, 0.05) is 12.6 Å². The Morgan fingerprint density at radius 3 is 2.45 bits per heavy atom. The minimum atomic E-state index is -0.397. The highest BCUT2D eigenvalue weighted by atomic mass is 16.5. The van der Waals surface area contributed by atoms with Gasteiger partial charge in [-0.15, -0.1) is 0 Å². The molecule has 3 aromatic carbocycles. The van der Waals surface area contributed by atoms with Crippen molar-refractivity contribution < 1.29 is 23.8 Å². The fourth-order valence-electron chi connectivity index (χ4n) is 5.43. The van der Waals surface area contributed by atoms with Crippen LogP contribution in [-0.2, 0) is 22.7 Å². The second kappa shape index (κ2) is 11.4. The molecular weight excluding hydrogens is 480 g/mol. The van der Waals surface area contributed by atoms with Gasteiger partial charge in [0.2, 0.25) is 0 Å². The van der Waals surface area contributed by atoms with Crippen LogP contribution in [0.1, 0.15) is 36.0 Å². The first-order valence-electron chi connectivity index (χ1n) is 12.8. The van der Waals surface area contributed by atoms with Crippen LogP contribution in [0.2, 0.25) is 0 Å². The van der Waals surface area contributed by atoms with E-state index in [-0.39, 0.29) is 18.1 Å². The summed E-state index contributed by atoms with van der Waals surface area (Å²) in [6.45, 7) is 0.830. The number of hydrogen-bond acceptors (Lipinski definition) is 5. The summed E-state index contributed by atoms with van der Waals surface area (Å²) in [7, 11) is 3.01. The average Bonchev–Trinajstić information content (AvgIpc) is 3.28. The smallest absolute Gasteiger partial charge is 0.336 e. The summed E-state index contributed by atoms with van der Waals surface area (Å²) in [6, 6.07) is 24.9. The molecule has 1 N–H and O–H groups in total. The number of urea groups is 1. The van der Waals surface area contributed by atoms with E-state index in [9.17, 15) is 9.59 Å². The zero-order valence-corrected chi connectivity index (χ0v) is 21.7. The predicted molar refractivity (Wildman–Crippen MR) is 145 cm³/mol. The Morgan fingerprint density at radius 2 is 1.66 bits per heavy atom. The number of esters is 1. The van der Waals surface area contributed by atoms with Gasteiger partial charge in [-0.05, 0) is 65.8 Å². The summed E-state index contributed by atoms with van der Waals surface area (Å²) < 4.78 is 16.5. The number of carbonyl (C=O) groups is 2. The van der Waals surface area contributed by atoms with Crippen LogP contribution in [0.3, 0.4) is 0 Å². The molecule has 38 heavy (non-hydrogen) atoms. The van der Waals surface area contributed by atoms with Crippen molar-refractivity contribution in [3.05, 3.63) is 101 Å². The first-order valence-corrected chi connectivity index (χ1v) is 12.8. The molecule has 1 saturated heterocycles. The van der Waals surface area contributed by atoms with E-state index in [1.165, 1.54) is 7.11 Å². The summed E-state index contributed by atoms with van der Waals surface area (Å²) in [5.74, 6) is 1.07. The SMILES string of the molecule is COC(=O)C1=C(c2cccc(OCc3ccccc3)c2)C[C@@H]2CC[C@H]1N2C(=O)NCc1cccc(OC)c1. The lowest BCUT2D eigenvalue weighted by atomic mass is 9.88. The van der Waals surface area contributed by atoms with Crippen LogP contribution in [0.4, 0.5) is 4.79 Å². The molecule has 2 aliphatic rings. The van der Waals surface area contributed by atoms with E-state index in [1.54, 1.807) is 7.11 Å². The topological polar surface area (TPSA) is 77.1 Å². The van der Waals surface area contributed by atoms with Gasteiger partial charge in [0.1, 0.15) is 18.1 Å². The molecule has 0 unspecified atom stereocenters. The van der Waals surface area contributed by atoms with Crippen molar-refractivity contribution in [1.29, 1.82) is 0 Å². The van der Waals surface area contributed by atoms with Crippen molar-refractivity contribution in [2.75, 3.05) is 14.2 Å². The predicted octanol–water partition coefficient (Wildman–Crippen LogP) is 5.35. The third kappa shape index (κ3) is 5.37. The summed E-state index contributed by atoms with van der Waals surface area (Å²) in [5, 5.41) is 3.03. The van der Waals surface area contributed by atoms with Crippen LogP contribution < -0.4 is 14.8 Å². The Bertz CT molecular complexity index is 1340. The van der Waals surface area contributed by atoms with Gasteiger partial charge in [-0.1, -0.05) is 54.6 Å². The van der Waals surface area contributed by atoms with Crippen molar-refractivity contribution in [3.8, 4) is 11.5 Å². The van der Waals surface area contributed by atoms with E-state index in [0.717, 1.165) is 46.6 Å². The number of fused-ring (bicyclic) bond motifs is 2. The molecular formula is C31H32N2O5. The standard InChI is InChI=1S/C31H32N2O5/c1-36-25-12-6-10-22(16-25)19-32-31(35)33-24-14-15-28(33)29(30(34)37-2)27(18-24)23-11-7-13-26(17-23)38-20-21-8-4-3-5-9-21/h3-13,16-17,24,28H,14-15,18-20H2,1-2H3,(H,32,35)/t24-,28+/m0/s1. The van der Waals surface area contributed by atoms with Gasteiger partial charge in [0.25, 0.3) is 0 Å². The Balaban J connectivity index is 1.37. The van der Waals surface area contributed by atoms with Gasteiger partial charge in [-0.25, -0.2) is 9.59 Å². The second-order valence-electron chi connectivity index (χ2n) is 9.55. The Labute approximate surface area is 223 Å². The number of amides is 2. The third-order valence-electron chi connectivity index (χ3n) is 7.25. The van der Waals surface area contributed by atoms with E-state index >= 15 is 0 Å². The number of rotatable bonds is 8. The maximum atomic E-state index is 13.3.